The van der Waals surface area contributed by atoms with Gasteiger partial charge in [-0.2, -0.15) is 0 Å². The predicted molar refractivity (Wildman–Crippen MR) is 136 cm³/mol. The summed E-state index contributed by atoms with van der Waals surface area (Å²) in [5.41, 5.74) is 6.20. The van der Waals surface area contributed by atoms with Gasteiger partial charge in [-0.1, -0.05) is 6.92 Å². The molecule has 5 heterocycles. The number of piperazine rings is 1. The maximum absolute atomic E-state index is 13.6. The van der Waals surface area contributed by atoms with Gasteiger partial charge in [-0.25, -0.2) is 4.98 Å². The largest absolute Gasteiger partial charge is 0.486 e. The molecular weight excluding hydrogens is 456 g/mol. The minimum absolute atomic E-state index is 0.0575. The number of benzene rings is 1. The first-order chi connectivity index (χ1) is 17.5. The summed E-state index contributed by atoms with van der Waals surface area (Å²) in [6.07, 6.45) is 0.837. The van der Waals surface area contributed by atoms with Crippen LogP contribution in [0.5, 0.6) is 11.5 Å². The zero-order valence-corrected chi connectivity index (χ0v) is 20.7. The predicted octanol–water partition coefficient (Wildman–Crippen LogP) is 2.40. The van der Waals surface area contributed by atoms with Crippen molar-refractivity contribution in [2.75, 3.05) is 46.4 Å². The second-order valence-corrected chi connectivity index (χ2v) is 10.3. The summed E-state index contributed by atoms with van der Waals surface area (Å²) in [5.74, 6) is 2.29. The number of fused-ring (bicyclic) bond motifs is 6. The highest BCUT2D eigenvalue weighted by atomic mass is 16.6. The highest BCUT2D eigenvalue weighted by Crippen LogP contribution is 2.42. The zero-order valence-electron chi connectivity index (χ0n) is 20.7. The van der Waals surface area contributed by atoms with E-state index in [1.807, 2.05) is 23.6 Å². The van der Waals surface area contributed by atoms with Gasteiger partial charge >= 0.3 is 0 Å². The lowest BCUT2D eigenvalue weighted by atomic mass is 9.96. The molecule has 1 aromatic carbocycles. The molecule has 185 valence electrons. The average molecular weight is 486 g/mol. The molecule has 3 aliphatic heterocycles. The average Bonchev–Trinajstić information content (AvgIpc) is 3.41. The minimum Gasteiger partial charge on any atom is -0.486 e. The van der Waals surface area contributed by atoms with E-state index in [2.05, 4.69) is 22.9 Å². The standard InChI is InChI=1S/C28H29N4O4/c1-3-16-17-10-23-27-21(15-32(23)28(34)19(17)11-24(16)33)20(14-31-6-4-30(2)5-7-31)18-12-25-26(13-22(18)29-27)36-9-8-35-25/h10,12-13H,3-9,11,14-15H2,1-2H3. The van der Waals surface area contributed by atoms with E-state index in [0.717, 1.165) is 77.8 Å². The van der Waals surface area contributed by atoms with Crippen molar-refractivity contribution in [3.63, 3.8) is 0 Å². The van der Waals surface area contributed by atoms with E-state index in [4.69, 9.17) is 14.5 Å². The fourth-order valence-corrected chi connectivity index (χ4v) is 6.14. The Morgan fingerprint density at radius 1 is 0.972 bits per heavy atom. The van der Waals surface area contributed by atoms with Crippen LogP contribution in [0.25, 0.3) is 22.3 Å². The number of hydrogen-bond donors (Lipinski definition) is 0. The van der Waals surface area contributed by atoms with Crippen LogP contribution in [-0.2, 0) is 24.3 Å². The maximum atomic E-state index is 13.6. The van der Waals surface area contributed by atoms with Crippen LogP contribution in [0.4, 0.5) is 0 Å². The maximum Gasteiger partial charge on any atom is 0.255 e. The molecule has 0 bridgehead atoms. The van der Waals surface area contributed by atoms with Crippen LogP contribution in [0.2, 0.25) is 0 Å². The van der Waals surface area contributed by atoms with Gasteiger partial charge in [0.25, 0.3) is 5.56 Å². The van der Waals surface area contributed by atoms with E-state index in [1.54, 1.807) is 0 Å². The van der Waals surface area contributed by atoms with Crippen LogP contribution in [-0.4, -0.2) is 71.6 Å². The van der Waals surface area contributed by atoms with Gasteiger partial charge in [0.1, 0.15) is 19.0 Å². The third-order valence-corrected chi connectivity index (χ3v) is 8.16. The Bertz CT molecular complexity index is 1490. The van der Waals surface area contributed by atoms with Gasteiger partial charge in [-0.3, -0.25) is 14.5 Å². The number of Topliss-reactive ketones (excluding diaryl/α,β-unsaturated/α-hetero) is 1. The molecule has 0 saturated carbocycles. The molecule has 2 aromatic heterocycles. The van der Waals surface area contributed by atoms with E-state index in [-0.39, 0.29) is 17.8 Å². The molecule has 0 N–H and O–H groups in total. The number of nitrogens with zero attached hydrogens (tertiary/aromatic N) is 4. The van der Waals surface area contributed by atoms with Crippen molar-refractivity contribution in [2.24, 2.45) is 0 Å². The first kappa shape index (κ1) is 22.0. The van der Waals surface area contributed by atoms with Crippen LogP contribution < -0.4 is 15.0 Å². The normalized spacial score (nSPS) is 19.6. The Morgan fingerprint density at radius 2 is 1.72 bits per heavy atom. The molecule has 8 heteroatoms. The zero-order chi connectivity index (χ0) is 24.6. The highest BCUT2D eigenvalue weighted by molar-refractivity contribution is 6.02. The molecular formula is C28H29N4O4. The van der Waals surface area contributed by atoms with Crippen molar-refractivity contribution in [1.82, 2.24) is 19.4 Å². The summed E-state index contributed by atoms with van der Waals surface area (Å²) in [5, 5.41) is 1.06. The Labute approximate surface area is 209 Å². The summed E-state index contributed by atoms with van der Waals surface area (Å²) in [6.45, 7) is 8.37. The lowest BCUT2D eigenvalue weighted by molar-refractivity contribution is -0.115. The van der Waals surface area contributed by atoms with Crippen LogP contribution >= 0.6 is 0 Å². The van der Waals surface area contributed by atoms with Gasteiger partial charge in [0, 0.05) is 61.7 Å². The Hall–Kier alpha value is -3.23. The summed E-state index contributed by atoms with van der Waals surface area (Å²) in [4.78, 5) is 36.1. The van der Waals surface area contributed by atoms with Crippen molar-refractivity contribution >= 4 is 16.7 Å². The highest BCUT2D eigenvalue weighted by Gasteiger charge is 2.36. The molecule has 1 aliphatic carbocycles. The summed E-state index contributed by atoms with van der Waals surface area (Å²) in [6, 6.07) is 6.07. The fourth-order valence-electron chi connectivity index (χ4n) is 6.14. The molecule has 8 nitrogen and oxygen atoms in total. The number of ketones is 1. The molecule has 7 rings (SSSR count). The number of pyridine rings is 2. The van der Waals surface area contributed by atoms with Crippen molar-refractivity contribution in [3.8, 4) is 22.9 Å². The Morgan fingerprint density at radius 3 is 2.47 bits per heavy atom. The van der Waals surface area contributed by atoms with Gasteiger partial charge in [0.05, 0.1) is 29.4 Å². The molecule has 36 heavy (non-hydrogen) atoms. The SMILES string of the molecule is CC[C]1C(=O)Cc2c1cc1n(c2=O)Cc2c-1nc1cc3c(cc1c2CN1CCN(C)CC1)OCCO3. The van der Waals surface area contributed by atoms with Gasteiger partial charge in [0.2, 0.25) is 0 Å². The quantitative estimate of drug-likeness (QED) is 0.441. The first-order valence-corrected chi connectivity index (χ1v) is 12.8. The minimum atomic E-state index is -0.0575. The van der Waals surface area contributed by atoms with E-state index in [0.29, 0.717) is 37.5 Å². The molecule has 0 spiro atoms. The lowest BCUT2D eigenvalue weighted by Crippen LogP contribution is -2.44. The van der Waals surface area contributed by atoms with Gasteiger partial charge in [-0.05, 0) is 36.7 Å². The van der Waals surface area contributed by atoms with Crippen LogP contribution in [0.1, 0.15) is 35.6 Å². The van der Waals surface area contributed by atoms with E-state index in [1.165, 1.54) is 5.56 Å². The number of hydrogen-bond acceptors (Lipinski definition) is 7. The first-order valence-electron chi connectivity index (χ1n) is 12.8. The van der Waals surface area contributed by atoms with Crippen molar-refractivity contribution in [1.29, 1.82) is 0 Å². The fraction of sp³-hybridized carbons (Fsp3) is 0.429. The van der Waals surface area contributed by atoms with Gasteiger partial charge in [-0.15, -0.1) is 0 Å². The molecule has 1 radical (unpaired) electrons. The number of rotatable bonds is 3. The Kier molecular flexibility index (Phi) is 4.98. The molecule has 1 fully saturated rings. The third-order valence-electron chi connectivity index (χ3n) is 8.16. The van der Waals surface area contributed by atoms with Crippen LogP contribution in [0.3, 0.4) is 0 Å². The molecule has 3 aromatic rings. The van der Waals surface area contributed by atoms with Gasteiger partial charge in [0.15, 0.2) is 11.5 Å². The summed E-state index contributed by atoms with van der Waals surface area (Å²) >= 11 is 0. The number of aromatic nitrogens is 2. The summed E-state index contributed by atoms with van der Waals surface area (Å²) < 4.78 is 13.6. The van der Waals surface area contributed by atoms with E-state index in [9.17, 15) is 9.59 Å². The number of carbonyl (C=O) groups excluding carboxylic acids is 1. The smallest absolute Gasteiger partial charge is 0.255 e. The molecule has 0 atom stereocenters. The van der Waals surface area contributed by atoms with Crippen molar-refractivity contribution < 1.29 is 14.3 Å². The van der Waals surface area contributed by atoms with Crippen LogP contribution in [0, 0.1) is 5.92 Å². The van der Waals surface area contributed by atoms with E-state index >= 15 is 0 Å². The Balaban J connectivity index is 1.43. The van der Waals surface area contributed by atoms with Crippen LogP contribution in [0.15, 0.2) is 23.0 Å². The molecule has 4 aliphatic rings. The van der Waals surface area contributed by atoms with Crippen molar-refractivity contribution in [2.45, 2.75) is 32.9 Å². The lowest BCUT2D eigenvalue weighted by Gasteiger charge is -2.33. The van der Waals surface area contributed by atoms with Crippen molar-refractivity contribution in [3.05, 3.63) is 56.7 Å². The number of ether oxygens (including phenoxy) is 2. The number of carbonyl (C=O) groups is 1. The molecule has 0 amide bonds. The molecule has 1 saturated heterocycles. The molecule has 0 unspecified atom stereocenters. The monoisotopic (exact) mass is 485 g/mol. The number of likely N-dealkylation sites (N-methyl/N-ethyl adjacent to an activating group) is 1. The second-order valence-electron chi connectivity index (χ2n) is 10.3. The van der Waals surface area contributed by atoms with E-state index < -0.39 is 0 Å². The summed E-state index contributed by atoms with van der Waals surface area (Å²) in [7, 11) is 2.16. The van der Waals surface area contributed by atoms with Gasteiger partial charge < -0.3 is 18.9 Å². The third kappa shape index (κ3) is 3.24. The second kappa shape index (κ2) is 8.15. The topological polar surface area (TPSA) is 76.9 Å².